The summed E-state index contributed by atoms with van der Waals surface area (Å²) in [6.45, 7) is 3.92. The van der Waals surface area contributed by atoms with Gasteiger partial charge in [-0.1, -0.05) is 13.8 Å². The second-order valence-electron chi connectivity index (χ2n) is 6.50. The van der Waals surface area contributed by atoms with Crippen molar-refractivity contribution in [2.75, 3.05) is 5.32 Å². The predicted octanol–water partition coefficient (Wildman–Crippen LogP) is 2.76. The Bertz CT molecular complexity index is 651. The lowest BCUT2D eigenvalue weighted by atomic mass is 9.88. The Morgan fingerprint density at radius 2 is 1.84 bits per heavy atom. The molecule has 1 aliphatic rings. The number of ketones is 1. The largest absolute Gasteiger partial charge is 0.416 e. The quantitative estimate of drug-likeness (QED) is 0.815. The van der Waals surface area contributed by atoms with E-state index in [1.54, 1.807) is 0 Å². The number of carbonyl (C=O) groups excluding carboxylic acids is 3. The van der Waals surface area contributed by atoms with E-state index in [1.165, 1.54) is 0 Å². The van der Waals surface area contributed by atoms with Crippen LogP contribution in [0.15, 0.2) is 24.3 Å². The predicted molar refractivity (Wildman–Crippen MR) is 84.6 cm³/mol. The molecule has 136 valence electrons. The normalized spacial score (nSPS) is 21.2. The average Bonchev–Trinajstić information content (AvgIpc) is 2.45. The summed E-state index contributed by atoms with van der Waals surface area (Å²) in [5.41, 5.74) is -0.767. The van der Waals surface area contributed by atoms with E-state index in [9.17, 15) is 27.6 Å². The molecule has 2 atom stereocenters. The van der Waals surface area contributed by atoms with E-state index < -0.39 is 35.3 Å². The Hall–Kier alpha value is -2.38. The van der Waals surface area contributed by atoms with Gasteiger partial charge in [-0.3, -0.25) is 14.4 Å². The summed E-state index contributed by atoms with van der Waals surface area (Å²) < 4.78 is 37.6. The maximum atomic E-state index is 12.5. The Balaban J connectivity index is 2.03. The van der Waals surface area contributed by atoms with Crippen LogP contribution in [0.25, 0.3) is 0 Å². The van der Waals surface area contributed by atoms with Gasteiger partial charge in [0.25, 0.3) is 0 Å². The number of carbonyl (C=O) groups is 3. The highest BCUT2D eigenvalue weighted by Gasteiger charge is 2.40. The molecule has 0 radical (unpaired) electrons. The molecule has 2 rings (SSSR count). The molecule has 2 N–H and O–H groups in total. The highest BCUT2D eigenvalue weighted by atomic mass is 19.4. The van der Waals surface area contributed by atoms with Gasteiger partial charge in [0.05, 0.1) is 5.56 Å². The van der Waals surface area contributed by atoms with Gasteiger partial charge in [0.1, 0.15) is 0 Å². The van der Waals surface area contributed by atoms with Crippen molar-refractivity contribution >= 4 is 23.3 Å². The van der Waals surface area contributed by atoms with Crippen LogP contribution in [0.4, 0.5) is 18.9 Å². The summed E-state index contributed by atoms with van der Waals surface area (Å²) in [6.07, 6.45) is -3.78. The number of hydrogen-bond donors (Lipinski definition) is 2. The SMILES string of the molecule is CC(C)CC1CC(=O)C(C(=O)Nc2ccc(C(F)(F)F)cc2)C(=O)N1. The molecule has 1 aromatic carbocycles. The monoisotopic (exact) mass is 356 g/mol. The number of hydrogen-bond acceptors (Lipinski definition) is 3. The van der Waals surface area contributed by atoms with Crippen LogP contribution in [0.2, 0.25) is 0 Å². The van der Waals surface area contributed by atoms with Gasteiger partial charge in [-0.15, -0.1) is 0 Å². The van der Waals surface area contributed by atoms with Crippen LogP contribution in [0.5, 0.6) is 0 Å². The highest BCUT2D eigenvalue weighted by molar-refractivity contribution is 6.22. The Morgan fingerprint density at radius 1 is 1.24 bits per heavy atom. The number of nitrogens with one attached hydrogen (secondary N) is 2. The van der Waals surface area contributed by atoms with Crippen LogP contribution in [-0.4, -0.2) is 23.6 Å². The number of Topliss-reactive ketones (excluding diaryl/α,β-unsaturated/α-hetero) is 1. The lowest BCUT2D eigenvalue weighted by Crippen LogP contribution is -2.53. The summed E-state index contributed by atoms with van der Waals surface area (Å²) in [4.78, 5) is 36.4. The first-order valence-corrected chi connectivity index (χ1v) is 7.89. The molecule has 0 aromatic heterocycles. The molecule has 1 aromatic rings. The van der Waals surface area contributed by atoms with Gasteiger partial charge in [-0.05, 0) is 36.6 Å². The molecule has 0 bridgehead atoms. The van der Waals surface area contributed by atoms with Crippen LogP contribution in [0, 0.1) is 11.8 Å². The minimum absolute atomic E-state index is 0.0645. The Kier molecular flexibility index (Phi) is 5.49. The third kappa shape index (κ3) is 4.80. The third-order valence-electron chi connectivity index (χ3n) is 3.88. The molecule has 1 saturated heterocycles. The topological polar surface area (TPSA) is 75.3 Å². The van der Waals surface area contributed by atoms with Crippen molar-refractivity contribution in [3.63, 3.8) is 0 Å². The number of piperidine rings is 1. The third-order valence-corrected chi connectivity index (χ3v) is 3.88. The first-order valence-electron chi connectivity index (χ1n) is 7.89. The number of halogens is 3. The van der Waals surface area contributed by atoms with Crippen molar-refractivity contribution in [1.82, 2.24) is 5.32 Å². The van der Waals surface area contributed by atoms with Crippen LogP contribution in [0.3, 0.4) is 0 Å². The Labute approximate surface area is 143 Å². The van der Waals surface area contributed by atoms with Crippen LogP contribution in [0.1, 0.15) is 32.3 Å². The number of amides is 2. The molecule has 0 spiro atoms. The fourth-order valence-corrected chi connectivity index (χ4v) is 2.78. The van der Waals surface area contributed by atoms with Gasteiger partial charge in [0.2, 0.25) is 11.8 Å². The zero-order valence-corrected chi connectivity index (χ0v) is 13.8. The van der Waals surface area contributed by atoms with Crippen molar-refractivity contribution in [2.24, 2.45) is 11.8 Å². The lowest BCUT2D eigenvalue weighted by molar-refractivity contribution is -0.143. The molecule has 1 fully saturated rings. The van der Waals surface area contributed by atoms with E-state index in [4.69, 9.17) is 0 Å². The fourth-order valence-electron chi connectivity index (χ4n) is 2.78. The number of benzene rings is 1. The van der Waals surface area contributed by atoms with E-state index in [0.29, 0.717) is 6.42 Å². The molecule has 0 saturated carbocycles. The van der Waals surface area contributed by atoms with Crippen LogP contribution < -0.4 is 10.6 Å². The highest BCUT2D eigenvalue weighted by Crippen LogP contribution is 2.30. The van der Waals surface area contributed by atoms with Crippen LogP contribution in [-0.2, 0) is 20.6 Å². The zero-order valence-electron chi connectivity index (χ0n) is 13.8. The summed E-state index contributed by atoms with van der Waals surface area (Å²) in [7, 11) is 0. The van der Waals surface area contributed by atoms with E-state index >= 15 is 0 Å². The standard InChI is InChI=1S/C17H19F3N2O3/c1-9(2)7-12-8-13(23)14(16(25)22-12)15(24)21-11-5-3-10(4-6-11)17(18,19)20/h3-6,9,12,14H,7-8H2,1-2H3,(H,21,24)(H,22,25). The van der Waals surface area contributed by atoms with Gasteiger partial charge < -0.3 is 10.6 Å². The summed E-state index contributed by atoms with van der Waals surface area (Å²) in [5, 5.41) is 4.97. The second-order valence-corrected chi connectivity index (χ2v) is 6.50. The van der Waals surface area contributed by atoms with Crippen molar-refractivity contribution in [2.45, 2.75) is 38.9 Å². The minimum Gasteiger partial charge on any atom is -0.352 e. The molecule has 8 heteroatoms. The Morgan fingerprint density at radius 3 is 2.32 bits per heavy atom. The molecule has 2 amide bonds. The summed E-state index contributed by atoms with van der Waals surface area (Å²) >= 11 is 0. The molecule has 5 nitrogen and oxygen atoms in total. The smallest absolute Gasteiger partial charge is 0.352 e. The molecule has 1 heterocycles. The van der Waals surface area contributed by atoms with Gasteiger partial charge in [-0.2, -0.15) is 13.2 Å². The van der Waals surface area contributed by atoms with Gasteiger partial charge >= 0.3 is 6.18 Å². The first kappa shape index (κ1) is 19.0. The average molecular weight is 356 g/mol. The lowest BCUT2D eigenvalue weighted by Gasteiger charge is -2.28. The number of alkyl halides is 3. The fraction of sp³-hybridized carbons (Fsp3) is 0.471. The van der Waals surface area contributed by atoms with Gasteiger partial charge in [-0.25, -0.2) is 0 Å². The number of rotatable bonds is 4. The van der Waals surface area contributed by atoms with Gasteiger partial charge in [0, 0.05) is 18.2 Å². The van der Waals surface area contributed by atoms with Gasteiger partial charge in [0.15, 0.2) is 11.7 Å². The second kappa shape index (κ2) is 7.25. The van der Waals surface area contributed by atoms with E-state index in [2.05, 4.69) is 10.6 Å². The maximum Gasteiger partial charge on any atom is 0.416 e. The molecule has 2 unspecified atom stereocenters. The molecular formula is C17H19F3N2O3. The molecular weight excluding hydrogens is 337 g/mol. The zero-order chi connectivity index (χ0) is 18.8. The summed E-state index contributed by atoms with van der Waals surface area (Å²) in [5.74, 6) is -3.20. The van der Waals surface area contributed by atoms with Crippen molar-refractivity contribution in [1.29, 1.82) is 0 Å². The number of anilines is 1. The van der Waals surface area contributed by atoms with E-state index in [0.717, 1.165) is 24.3 Å². The molecule has 1 aliphatic heterocycles. The van der Waals surface area contributed by atoms with Crippen LogP contribution >= 0.6 is 0 Å². The molecule has 0 aliphatic carbocycles. The van der Waals surface area contributed by atoms with E-state index in [1.807, 2.05) is 13.8 Å². The first-order chi connectivity index (χ1) is 11.6. The van der Waals surface area contributed by atoms with Crippen molar-refractivity contribution in [3.05, 3.63) is 29.8 Å². The maximum absolute atomic E-state index is 12.5. The van der Waals surface area contributed by atoms with E-state index in [-0.39, 0.29) is 24.1 Å². The van der Waals surface area contributed by atoms with Crippen molar-refractivity contribution in [3.8, 4) is 0 Å². The summed E-state index contributed by atoms with van der Waals surface area (Å²) in [6, 6.07) is 3.49. The van der Waals surface area contributed by atoms with Crippen molar-refractivity contribution < 1.29 is 27.6 Å². The minimum atomic E-state index is -4.48. The molecule has 25 heavy (non-hydrogen) atoms.